The number of aromatic nitrogens is 1. The summed E-state index contributed by atoms with van der Waals surface area (Å²) in [6.07, 6.45) is 0.881. The van der Waals surface area contributed by atoms with Crippen molar-refractivity contribution in [1.82, 2.24) is 10.5 Å². The third-order valence-electron chi connectivity index (χ3n) is 3.63. The topological polar surface area (TPSA) is 84.2 Å². The number of hydrogen-bond donors (Lipinski definition) is 2. The van der Waals surface area contributed by atoms with E-state index in [0.29, 0.717) is 24.0 Å². The van der Waals surface area contributed by atoms with Gasteiger partial charge in [0.1, 0.15) is 5.76 Å². The number of nitrogens with one attached hydrogen (secondary N) is 2. The summed E-state index contributed by atoms with van der Waals surface area (Å²) < 4.78 is 4.87. The Morgan fingerprint density at radius 1 is 1.20 bits per heavy atom. The summed E-state index contributed by atoms with van der Waals surface area (Å²) in [5.74, 6) is 1.60. The average Bonchev–Trinajstić information content (AvgIpc) is 3.00. The van der Waals surface area contributed by atoms with Crippen LogP contribution in [0.2, 0.25) is 0 Å². The minimum Gasteiger partial charge on any atom is -0.360 e. The van der Waals surface area contributed by atoms with Crippen molar-refractivity contribution in [1.29, 1.82) is 0 Å². The SMILES string of the molecule is Cc1cc(NC(=O)CSCC(=O)NCC[C@H](C)c2ccccc2)no1. The van der Waals surface area contributed by atoms with Crippen LogP contribution in [0.15, 0.2) is 40.9 Å². The zero-order chi connectivity index (χ0) is 18.1. The molecule has 2 aromatic rings. The van der Waals surface area contributed by atoms with Gasteiger partial charge < -0.3 is 15.2 Å². The maximum Gasteiger partial charge on any atom is 0.235 e. The Bertz CT molecular complexity index is 688. The third-order valence-corrected chi connectivity index (χ3v) is 4.56. The second-order valence-corrected chi connectivity index (χ2v) is 6.80. The van der Waals surface area contributed by atoms with E-state index in [4.69, 9.17) is 4.52 Å². The summed E-state index contributed by atoms with van der Waals surface area (Å²) in [5, 5.41) is 9.19. The molecule has 0 fully saturated rings. The molecule has 6 nitrogen and oxygen atoms in total. The number of benzene rings is 1. The second-order valence-electron chi connectivity index (χ2n) is 5.81. The van der Waals surface area contributed by atoms with E-state index in [9.17, 15) is 9.59 Å². The van der Waals surface area contributed by atoms with Crippen molar-refractivity contribution in [3.05, 3.63) is 47.7 Å². The highest BCUT2D eigenvalue weighted by Gasteiger charge is 2.09. The Labute approximate surface area is 151 Å². The van der Waals surface area contributed by atoms with Gasteiger partial charge in [-0.25, -0.2) is 0 Å². The van der Waals surface area contributed by atoms with Crippen molar-refractivity contribution >= 4 is 29.4 Å². The predicted molar refractivity (Wildman–Crippen MR) is 99.7 cm³/mol. The first kappa shape index (κ1) is 19.1. The smallest absolute Gasteiger partial charge is 0.235 e. The van der Waals surface area contributed by atoms with E-state index in [0.717, 1.165) is 6.42 Å². The summed E-state index contributed by atoms with van der Waals surface area (Å²) in [6, 6.07) is 11.9. The second kappa shape index (κ2) is 9.88. The van der Waals surface area contributed by atoms with Crippen LogP contribution in [0.3, 0.4) is 0 Å². The molecule has 2 amide bonds. The first-order valence-electron chi connectivity index (χ1n) is 8.17. The summed E-state index contributed by atoms with van der Waals surface area (Å²) in [4.78, 5) is 23.5. The lowest BCUT2D eigenvalue weighted by atomic mass is 9.98. The number of hydrogen-bond acceptors (Lipinski definition) is 5. The molecule has 0 aliphatic carbocycles. The summed E-state index contributed by atoms with van der Waals surface area (Å²) >= 11 is 1.27. The monoisotopic (exact) mass is 361 g/mol. The lowest BCUT2D eigenvalue weighted by Gasteiger charge is -2.12. The van der Waals surface area contributed by atoms with Gasteiger partial charge in [0.15, 0.2) is 5.82 Å². The van der Waals surface area contributed by atoms with Crippen molar-refractivity contribution in [2.24, 2.45) is 0 Å². The van der Waals surface area contributed by atoms with Gasteiger partial charge in [-0.1, -0.05) is 42.4 Å². The molecule has 0 bridgehead atoms. The quantitative estimate of drug-likeness (QED) is 0.717. The fourth-order valence-corrected chi connectivity index (χ4v) is 2.92. The van der Waals surface area contributed by atoms with Crippen LogP contribution in [0.5, 0.6) is 0 Å². The van der Waals surface area contributed by atoms with Crippen LogP contribution >= 0.6 is 11.8 Å². The van der Waals surface area contributed by atoms with Crippen molar-refractivity contribution in [3.63, 3.8) is 0 Å². The first-order valence-corrected chi connectivity index (χ1v) is 9.32. The standard InChI is InChI=1S/C18H23N3O3S/c1-13(15-6-4-3-5-7-15)8-9-19-17(22)11-25-12-18(23)20-16-10-14(2)24-21-16/h3-7,10,13H,8-9,11-12H2,1-2H3,(H,19,22)(H,20,21,23)/t13-/m0/s1. The highest BCUT2D eigenvalue weighted by molar-refractivity contribution is 8.00. The molecule has 7 heteroatoms. The first-order chi connectivity index (χ1) is 12.0. The van der Waals surface area contributed by atoms with E-state index >= 15 is 0 Å². The van der Waals surface area contributed by atoms with E-state index in [1.807, 2.05) is 18.2 Å². The maximum atomic E-state index is 11.8. The summed E-state index contributed by atoms with van der Waals surface area (Å²) in [6.45, 7) is 4.52. The lowest BCUT2D eigenvalue weighted by Crippen LogP contribution is -2.27. The molecule has 0 radical (unpaired) electrons. The Morgan fingerprint density at radius 2 is 1.92 bits per heavy atom. The number of aryl methyl sites for hydroxylation is 1. The Kier molecular flexibility index (Phi) is 7.53. The minimum absolute atomic E-state index is 0.0599. The average molecular weight is 361 g/mol. The molecule has 2 N–H and O–H groups in total. The highest BCUT2D eigenvalue weighted by Crippen LogP contribution is 2.17. The van der Waals surface area contributed by atoms with Crippen molar-refractivity contribution < 1.29 is 14.1 Å². The van der Waals surface area contributed by atoms with Gasteiger partial charge in [0.25, 0.3) is 0 Å². The molecular weight excluding hydrogens is 338 g/mol. The maximum absolute atomic E-state index is 11.8. The Morgan fingerprint density at radius 3 is 2.60 bits per heavy atom. The van der Waals surface area contributed by atoms with Gasteiger partial charge in [-0.3, -0.25) is 9.59 Å². The third kappa shape index (κ3) is 7.01. The molecule has 2 rings (SSSR count). The molecule has 0 saturated carbocycles. The fourth-order valence-electron chi connectivity index (χ4n) is 2.27. The normalized spacial score (nSPS) is 11.8. The highest BCUT2D eigenvalue weighted by atomic mass is 32.2. The van der Waals surface area contributed by atoms with Crippen LogP contribution < -0.4 is 10.6 Å². The van der Waals surface area contributed by atoms with Gasteiger partial charge >= 0.3 is 0 Å². The summed E-state index contributed by atoms with van der Waals surface area (Å²) in [7, 11) is 0. The molecule has 0 saturated heterocycles. The van der Waals surface area contributed by atoms with Crippen molar-refractivity contribution in [2.75, 3.05) is 23.4 Å². The van der Waals surface area contributed by atoms with Gasteiger partial charge in [-0.05, 0) is 24.8 Å². The van der Waals surface area contributed by atoms with Crippen LogP contribution in [0.25, 0.3) is 0 Å². The number of nitrogens with zero attached hydrogens (tertiary/aromatic N) is 1. The van der Waals surface area contributed by atoms with E-state index < -0.39 is 0 Å². The molecule has 0 unspecified atom stereocenters. The Balaban J connectivity index is 1.57. The number of carbonyl (C=O) groups is 2. The van der Waals surface area contributed by atoms with Crippen molar-refractivity contribution in [2.45, 2.75) is 26.2 Å². The Hall–Kier alpha value is -2.28. The molecule has 0 aliphatic heterocycles. The van der Waals surface area contributed by atoms with Gasteiger partial charge in [-0.2, -0.15) is 0 Å². The number of carbonyl (C=O) groups excluding carboxylic acids is 2. The number of rotatable bonds is 9. The molecule has 25 heavy (non-hydrogen) atoms. The number of anilines is 1. The van der Waals surface area contributed by atoms with Gasteiger partial charge in [-0.15, -0.1) is 11.8 Å². The molecule has 0 aliphatic rings. The van der Waals surface area contributed by atoms with E-state index in [1.165, 1.54) is 17.3 Å². The van der Waals surface area contributed by atoms with E-state index in [2.05, 4.69) is 34.8 Å². The van der Waals surface area contributed by atoms with Gasteiger partial charge in [0, 0.05) is 12.6 Å². The molecule has 134 valence electrons. The molecule has 1 aromatic heterocycles. The number of thioether (sulfide) groups is 1. The molecule has 1 atom stereocenters. The van der Waals surface area contributed by atoms with Crippen LogP contribution in [0.1, 0.15) is 30.6 Å². The van der Waals surface area contributed by atoms with Gasteiger partial charge in [0.2, 0.25) is 11.8 Å². The number of amides is 2. The van der Waals surface area contributed by atoms with Crippen molar-refractivity contribution in [3.8, 4) is 0 Å². The summed E-state index contributed by atoms with van der Waals surface area (Å²) in [5.41, 5.74) is 1.27. The van der Waals surface area contributed by atoms with Crippen LogP contribution in [0, 0.1) is 6.92 Å². The molecular formula is C18H23N3O3S. The molecule has 1 heterocycles. The van der Waals surface area contributed by atoms with Crippen LogP contribution in [-0.2, 0) is 9.59 Å². The minimum atomic E-state index is -0.205. The fraction of sp³-hybridized carbons (Fsp3) is 0.389. The van der Waals surface area contributed by atoms with Crippen LogP contribution in [0.4, 0.5) is 5.82 Å². The predicted octanol–water partition coefficient (Wildman–Crippen LogP) is 2.96. The van der Waals surface area contributed by atoms with E-state index in [1.54, 1.807) is 13.0 Å². The molecule has 0 spiro atoms. The van der Waals surface area contributed by atoms with Gasteiger partial charge in [0.05, 0.1) is 11.5 Å². The molecule has 1 aromatic carbocycles. The lowest BCUT2D eigenvalue weighted by molar-refractivity contribution is -0.118. The van der Waals surface area contributed by atoms with E-state index in [-0.39, 0.29) is 23.3 Å². The zero-order valence-electron chi connectivity index (χ0n) is 14.5. The zero-order valence-corrected chi connectivity index (χ0v) is 15.3. The van der Waals surface area contributed by atoms with Crippen LogP contribution in [-0.4, -0.2) is 35.0 Å². The largest absolute Gasteiger partial charge is 0.360 e.